The molecular formula is C19H23NO3S. The maximum atomic E-state index is 12.8. The molecular weight excluding hydrogens is 322 g/mol. The van der Waals surface area contributed by atoms with Crippen LogP contribution in [-0.2, 0) is 12.8 Å². The summed E-state index contributed by atoms with van der Waals surface area (Å²) >= 11 is 1.70. The second kappa shape index (κ2) is 7.71. The normalized spacial score (nSPS) is 13.2. The van der Waals surface area contributed by atoms with Crippen molar-refractivity contribution in [1.82, 2.24) is 0 Å². The van der Waals surface area contributed by atoms with Gasteiger partial charge < -0.3 is 14.8 Å². The van der Waals surface area contributed by atoms with E-state index in [9.17, 15) is 4.79 Å². The van der Waals surface area contributed by atoms with E-state index in [4.69, 9.17) is 9.47 Å². The van der Waals surface area contributed by atoms with Crippen molar-refractivity contribution in [2.24, 2.45) is 0 Å². The number of fused-ring (bicyclic) bond motifs is 1. The molecule has 3 rings (SSSR count). The number of hydrogen-bond acceptors (Lipinski definition) is 4. The molecule has 5 heteroatoms. The van der Waals surface area contributed by atoms with Crippen LogP contribution in [0.4, 0.5) is 5.69 Å². The molecule has 1 aromatic carbocycles. The molecule has 1 N–H and O–H groups in total. The fourth-order valence-electron chi connectivity index (χ4n) is 3.02. The monoisotopic (exact) mass is 345 g/mol. The zero-order valence-corrected chi connectivity index (χ0v) is 15.0. The summed E-state index contributed by atoms with van der Waals surface area (Å²) in [5.41, 5.74) is 2.69. The topological polar surface area (TPSA) is 47.6 Å². The second-order valence-corrected chi connectivity index (χ2v) is 6.70. The van der Waals surface area contributed by atoms with Gasteiger partial charge in [-0.3, -0.25) is 4.79 Å². The number of carbonyl (C=O) groups is 1. The summed E-state index contributed by atoms with van der Waals surface area (Å²) in [5, 5.41) is 4.99. The maximum absolute atomic E-state index is 12.8. The Morgan fingerprint density at radius 2 is 1.96 bits per heavy atom. The number of rotatable bonds is 6. The van der Waals surface area contributed by atoms with Gasteiger partial charge in [-0.1, -0.05) is 0 Å². The molecule has 0 saturated heterocycles. The minimum Gasteiger partial charge on any atom is -0.494 e. The second-order valence-electron chi connectivity index (χ2n) is 5.74. The van der Waals surface area contributed by atoms with Crippen LogP contribution in [0.1, 0.15) is 47.5 Å². The summed E-state index contributed by atoms with van der Waals surface area (Å²) in [7, 11) is 0. The number of aryl methyl sites for hydroxylation is 1. The Morgan fingerprint density at radius 1 is 1.17 bits per heavy atom. The Hall–Kier alpha value is -2.01. The molecule has 0 radical (unpaired) electrons. The predicted octanol–water partition coefficient (Wildman–Crippen LogP) is 4.68. The fourth-order valence-corrected chi connectivity index (χ4v) is 4.14. The first kappa shape index (κ1) is 16.8. The Kier molecular flexibility index (Phi) is 5.41. The third-order valence-corrected chi connectivity index (χ3v) is 5.20. The highest BCUT2D eigenvalue weighted by Gasteiger charge is 2.21. The molecule has 1 aliphatic carbocycles. The van der Waals surface area contributed by atoms with E-state index in [1.54, 1.807) is 11.3 Å². The highest BCUT2D eigenvalue weighted by molar-refractivity contribution is 7.10. The minimum absolute atomic E-state index is 0.0657. The molecule has 0 bridgehead atoms. The van der Waals surface area contributed by atoms with Crippen LogP contribution in [0.15, 0.2) is 23.6 Å². The summed E-state index contributed by atoms with van der Waals surface area (Å²) in [4.78, 5) is 14.1. The first-order valence-electron chi connectivity index (χ1n) is 8.53. The van der Waals surface area contributed by atoms with Gasteiger partial charge in [-0.2, -0.15) is 0 Å². The number of ether oxygens (including phenoxy) is 2. The van der Waals surface area contributed by atoms with Gasteiger partial charge in [0.05, 0.1) is 24.5 Å². The molecule has 1 heterocycles. The summed E-state index contributed by atoms with van der Waals surface area (Å²) < 4.78 is 11.2. The highest BCUT2D eigenvalue weighted by atomic mass is 32.1. The average molecular weight is 345 g/mol. The summed E-state index contributed by atoms with van der Waals surface area (Å²) in [6.45, 7) is 4.99. The van der Waals surface area contributed by atoms with Crippen molar-refractivity contribution in [1.29, 1.82) is 0 Å². The van der Waals surface area contributed by atoms with Crippen LogP contribution in [0.5, 0.6) is 11.5 Å². The van der Waals surface area contributed by atoms with E-state index in [2.05, 4.69) is 5.32 Å². The number of nitrogens with one attached hydrogen (secondary N) is 1. The molecule has 4 nitrogen and oxygen atoms in total. The van der Waals surface area contributed by atoms with Crippen molar-refractivity contribution in [2.75, 3.05) is 18.5 Å². The number of benzene rings is 1. The van der Waals surface area contributed by atoms with E-state index in [0.29, 0.717) is 24.7 Å². The van der Waals surface area contributed by atoms with E-state index in [-0.39, 0.29) is 5.91 Å². The van der Waals surface area contributed by atoms with Crippen LogP contribution in [0, 0.1) is 0 Å². The number of thiophene rings is 1. The Bertz CT molecular complexity index is 723. The smallest absolute Gasteiger partial charge is 0.256 e. The van der Waals surface area contributed by atoms with Crippen LogP contribution in [0.25, 0.3) is 0 Å². The standard InChI is InChI=1S/C19H23NO3S/c1-3-22-13-9-10-17(23-4-2)16(11-13)20-19(21)15-12-24-18-8-6-5-7-14(15)18/h9-12H,3-8H2,1-2H3,(H,20,21). The van der Waals surface area contributed by atoms with Gasteiger partial charge in [-0.05, 0) is 57.2 Å². The van der Waals surface area contributed by atoms with E-state index in [1.165, 1.54) is 16.9 Å². The molecule has 0 fully saturated rings. The van der Waals surface area contributed by atoms with Gasteiger partial charge in [0.25, 0.3) is 5.91 Å². The lowest BCUT2D eigenvalue weighted by atomic mass is 9.95. The number of anilines is 1. The Morgan fingerprint density at radius 3 is 2.75 bits per heavy atom. The maximum Gasteiger partial charge on any atom is 0.256 e. The lowest BCUT2D eigenvalue weighted by molar-refractivity contribution is 0.102. The van der Waals surface area contributed by atoms with E-state index < -0.39 is 0 Å². The summed E-state index contributed by atoms with van der Waals surface area (Å²) in [6.07, 6.45) is 4.48. The van der Waals surface area contributed by atoms with Crippen LogP contribution >= 0.6 is 11.3 Å². The molecule has 0 spiro atoms. The molecule has 1 amide bonds. The molecule has 0 aliphatic heterocycles. The SMILES string of the molecule is CCOc1ccc(OCC)c(NC(=O)c2csc3c2CCCC3)c1. The first-order chi connectivity index (χ1) is 11.7. The quantitative estimate of drug-likeness (QED) is 0.827. The Balaban J connectivity index is 1.85. The average Bonchev–Trinajstić information content (AvgIpc) is 3.02. The highest BCUT2D eigenvalue weighted by Crippen LogP contribution is 2.33. The molecule has 1 aliphatic rings. The lowest BCUT2D eigenvalue weighted by Gasteiger charge is -2.15. The molecule has 24 heavy (non-hydrogen) atoms. The summed E-state index contributed by atoms with van der Waals surface area (Å²) in [6, 6.07) is 5.52. The van der Waals surface area contributed by atoms with Crippen molar-refractivity contribution in [3.8, 4) is 11.5 Å². The van der Waals surface area contributed by atoms with Crippen molar-refractivity contribution < 1.29 is 14.3 Å². The Labute approximate surface area is 146 Å². The number of carbonyl (C=O) groups excluding carboxylic acids is 1. The van der Waals surface area contributed by atoms with Gasteiger partial charge in [0.2, 0.25) is 0 Å². The van der Waals surface area contributed by atoms with Crippen molar-refractivity contribution in [3.05, 3.63) is 39.6 Å². The largest absolute Gasteiger partial charge is 0.494 e. The van der Waals surface area contributed by atoms with Crippen LogP contribution in [0.3, 0.4) is 0 Å². The van der Waals surface area contributed by atoms with Crippen molar-refractivity contribution in [2.45, 2.75) is 39.5 Å². The van der Waals surface area contributed by atoms with Gasteiger partial charge in [0.15, 0.2) is 0 Å². The van der Waals surface area contributed by atoms with Crippen LogP contribution in [-0.4, -0.2) is 19.1 Å². The van der Waals surface area contributed by atoms with E-state index in [0.717, 1.165) is 30.6 Å². The first-order valence-corrected chi connectivity index (χ1v) is 9.41. The van der Waals surface area contributed by atoms with Gasteiger partial charge in [-0.15, -0.1) is 11.3 Å². The van der Waals surface area contributed by atoms with Gasteiger partial charge in [0.1, 0.15) is 11.5 Å². The van der Waals surface area contributed by atoms with Crippen LogP contribution < -0.4 is 14.8 Å². The molecule has 0 saturated carbocycles. The fraction of sp³-hybridized carbons (Fsp3) is 0.421. The molecule has 0 unspecified atom stereocenters. The van der Waals surface area contributed by atoms with E-state index in [1.807, 2.05) is 37.4 Å². The van der Waals surface area contributed by atoms with Crippen LogP contribution in [0.2, 0.25) is 0 Å². The molecule has 2 aromatic rings. The molecule has 128 valence electrons. The van der Waals surface area contributed by atoms with Crippen molar-refractivity contribution in [3.63, 3.8) is 0 Å². The molecule has 0 atom stereocenters. The zero-order chi connectivity index (χ0) is 16.9. The lowest BCUT2D eigenvalue weighted by Crippen LogP contribution is -2.15. The number of amides is 1. The third-order valence-electron chi connectivity index (χ3n) is 4.12. The predicted molar refractivity (Wildman–Crippen MR) is 97.7 cm³/mol. The minimum atomic E-state index is -0.0657. The third kappa shape index (κ3) is 3.56. The molecule has 1 aromatic heterocycles. The van der Waals surface area contributed by atoms with Gasteiger partial charge >= 0.3 is 0 Å². The van der Waals surface area contributed by atoms with Gasteiger partial charge in [0, 0.05) is 16.3 Å². The zero-order valence-electron chi connectivity index (χ0n) is 14.2. The number of hydrogen-bond donors (Lipinski definition) is 1. The summed E-state index contributed by atoms with van der Waals surface area (Å²) in [5.74, 6) is 1.33. The van der Waals surface area contributed by atoms with Crippen molar-refractivity contribution >= 4 is 22.9 Å². The van der Waals surface area contributed by atoms with E-state index >= 15 is 0 Å². The van der Waals surface area contributed by atoms with Gasteiger partial charge in [-0.25, -0.2) is 0 Å².